The molecular weight excluding hydrogens is 286 g/mol. The van der Waals surface area contributed by atoms with Gasteiger partial charge in [0.05, 0.1) is 18.7 Å². The summed E-state index contributed by atoms with van der Waals surface area (Å²) in [5.74, 6) is 0.798. The molecule has 0 bridgehead atoms. The molecule has 1 heterocycles. The van der Waals surface area contributed by atoms with Gasteiger partial charge < -0.3 is 9.30 Å². The predicted molar refractivity (Wildman–Crippen MR) is 84.3 cm³/mol. The molecule has 21 heavy (non-hydrogen) atoms. The van der Waals surface area contributed by atoms with Crippen molar-refractivity contribution in [1.29, 1.82) is 0 Å². The molecule has 0 fully saturated rings. The molecule has 0 aliphatic carbocycles. The number of nitrogens with zero attached hydrogens (tertiary/aromatic N) is 1. The van der Waals surface area contributed by atoms with E-state index >= 15 is 0 Å². The first-order chi connectivity index (χ1) is 10.2. The molecule has 2 aromatic carbocycles. The van der Waals surface area contributed by atoms with Crippen molar-refractivity contribution in [3.8, 4) is 5.75 Å². The molecule has 0 saturated heterocycles. The van der Waals surface area contributed by atoms with Gasteiger partial charge in [0.25, 0.3) is 0 Å². The number of hydrogen-bond donors (Lipinski definition) is 0. The van der Waals surface area contributed by atoms with Gasteiger partial charge in [-0.1, -0.05) is 23.7 Å². The van der Waals surface area contributed by atoms with Crippen LogP contribution in [-0.4, -0.2) is 17.5 Å². The molecule has 4 heteroatoms. The van der Waals surface area contributed by atoms with Gasteiger partial charge in [-0.3, -0.25) is 4.79 Å². The van der Waals surface area contributed by atoms with Crippen LogP contribution in [0.4, 0.5) is 0 Å². The van der Waals surface area contributed by atoms with Crippen molar-refractivity contribution in [3.05, 3.63) is 65.3 Å². The lowest BCUT2D eigenvalue weighted by Gasteiger charge is -2.07. The second kappa shape index (κ2) is 5.62. The van der Waals surface area contributed by atoms with E-state index in [2.05, 4.69) is 0 Å². The van der Waals surface area contributed by atoms with E-state index in [1.165, 1.54) is 0 Å². The van der Waals surface area contributed by atoms with Crippen molar-refractivity contribution in [3.63, 3.8) is 0 Å². The number of rotatable bonds is 4. The minimum absolute atomic E-state index is 0.00563. The number of fused-ring (bicyclic) bond motifs is 1. The number of aromatic nitrogens is 1. The quantitative estimate of drug-likeness (QED) is 0.677. The van der Waals surface area contributed by atoms with Crippen LogP contribution in [0.15, 0.2) is 54.7 Å². The highest BCUT2D eigenvalue weighted by Gasteiger charge is 2.12. The summed E-state index contributed by atoms with van der Waals surface area (Å²) < 4.78 is 7.12. The maximum atomic E-state index is 12.4. The number of methoxy groups -OCH3 is 1. The number of Topliss-reactive ketones (excluding diaryl/α,β-unsaturated/α-hetero) is 1. The maximum Gasteiger partial charge on any atom is 0.183 e. The Morgan fingerprint density at radius 3 is 2.76 bits per heavy atom. The van der Waals surface area contributed by atoms with Crippen molar-refractivity contribution in [1.82, 2.24) is 4.57 Å². The summed E-state index contributed by atoms with van der Waals surface area (Å²) >= 11 is 6.07. The number of halogens is 1. The minimum atomic E-state index is -0.00563. The fraction of sp³-hybridized carbons (Fsp3) is 0.118. The molecule has 0 aliphatic rings. The average Bonchev–Trinajstić information content (AvgIpc) is 2.89. The zero-order chi connectivity index (χ0) is 14.8. The smallest absolute Gasteiger partial charge is 0.183 e. The molecule has 0 saturated carbocycles. The van der Waals surface area contributed by atoms with Crippen LogP contribution in [0.1, 0.15) is 10.4 Å². The van der Waals surface area contributed by atoms with Crippen LogP contribution in [0.25, 0.3) is 10.9 Å². The molecule has 0 amide bonds. The highest BCUT2D eigenvalue weighted by atomic mass is 35.5. The van der Waals surface area contributed by atoms with Gasteiger partial charge in [-0.25, -0.2) is 0 Å². The third kappa shape index (κ3) is 2.65. The van der Waals surface area contributed by atoms with E-state index in [9.17, 15) is 4.79 Å². The van der Waals surface area contributed by atoms with Gasteiger partial charge in [-0.15, -0.1) is 0 Å². The number of ether oxygens (including phenoxy) is 1. The minimum Gasteiger partial charge on any atom is -0.497 e. The summed E-state index contributed by atoms with van der Waals surface area (Å²) in [7, 11) is 1.64. The van der Waals surface area contributed by atoms with Gasteiger partial charge in [0.1, 0.15) is 5.75 Å². The van der Waals surface area contributed by atoms with E-state index in [0.29, 0.717) is 10.6 Å². The lowest BCUT2D eigenvalue weighted by atomic mass is 10.1. The fourth-order valence-electron chi connectivity index (χ4n) is 2.37. The number of carbonyl (C=O) groups excluding carboxylic acids is 1. The lowest BCUT2D eigenvalue weighted by molar-refractivity contribution is 0.0974. The summed E-state index contributed by atoms with van der Waals surface area (Å²) in [6.45, 7) is 0.263. The Morgan fingerprint density at radius 2 is 2.00 bits per heavy atom. The largest absolute Gasteiger partial charge is 0.497 e. The van der Waals surface area contributed by atoms with Crippen LogP contribution in [-0.2, 0) is 6.54 Å². The number of benzene rings is 2. The molecule has 0 unspecified atom stereocenters. The van der Waals surface area contributed by atoms with E-state index in [-0.39, 0.29) is 12.3 Å². The first-order valence-corrected chi connectivity index (χ1v) is 6.97. The van der Waals surface area contributed by atoms with Crippen molar-refractivity contribution in [2.45, 2.75) is 6.54 Å². The van der Waals surface area contributed by atoms with Crippen LogP contribution < -0.4 is 4.74 Å². The van der Waals surface area contributed by atoms with Crippen molar-refractivity contribution < 1.29 is 9.53 Å². The van der Waals surface area contributed by atoms with E-state index in [1.807, 2.05) is 47.2 Å². The highest BCUT2D eigenvalue weighted by molar-refractivity contribution is 6.33. The normalized spacial score (nSPS) is 10.8. The summed E-state index contributed by atoms with van der Waals surface area (Å²) in [6, 6.07) is 14.9. The highest BCUT2D eigenvalue weighted by Crippen LogP contribution is 2.23. The Hall–Kier alpha value is -2.26. The van der Waals surface area contributed by atoms with Crippen LogP contribution in [0.3, 0.4) is 0 Å². The zero-order valence-corrected chi connectivity index (χ0v) is 12.3. The zero-order valence-electron chi connectivity index (χ0n) is 11.5. The monoisotopic (exact) mass is 299 g/mol. The molecule has 1 aromatic heterocycles. The first kappa shape index (κ1) is 13.7. The van der Waals surface area contributed by atoms with Crippen molar-refractivity contribution in [2.24, 2.45) is 0 Å². The molecule has 3 nitrogen and oxygen atoms in total. The fourth-order valence-corrected chi connectivity index (χ4v) is 2.61. The SMILES string of the molecule is COc1ccc2c(ccn2CC(=O)c2ccccc2Cl)c1. The van der Waals surface area contributed by atoms with Crippen LogP contribution in [0.2, 0.25) is 5.02 Å². The maximum absolute atomic E-state index is 12.4. The molecule has 0 aliphatic heterocycles. The lowest BCUT2D eigenvalue weighted by Crippen LogP contribution is -2.09. The van der Waals surface area contributed by atoms with Crippen LogP contribution in [0.5, 0.6) is 5.75 Å². The molecule has 3 aromatic rings. The van der Waals surface area contributed by atoms with Crippen LogP contribution in [0, 0.1) is 0 Å². The van der Waals surface area contributed by atoms with Gasteiger partial charge in [0, 0.05) is 22.7 Å². The standard InChI is InChI=1S/C17H14ClNO2/c1-21-13-6-7-16-12(10-13)8-9-19(16)11-17(20)14-4-2-3-5-15(14)18/h2-10H,11H2,1H3. The third-order valence-electron chi connectivity index (χ3n) is 3.47. The molecular formula is C17H14ClNO2. The van der Waals surface area contributed by atoms with E-state index in [0.717, 1.165) is 16.7 Å². The summed E-state index contributed by atoms with van der Waals surface area (Å²) in [5, 5.41) is 1.53. The number of hydrogen-bond acceptors (Lipinski definition) is 2. The Bertz CT molecular complexity index is 807. The van der Waals surface area contributed by atoms with Gasteiger partial charge >= 0.3 is 0 Å². The van der Waals surface area contributed by atoms with E-state index in [4.69, 9.17) is 16.3 Å². The Balaban J connectivity index is 1.92. The van der Waals surface area contributed by atoms with Gasteiger partial charge in [0.2, 0.25) is 0 Å². The molecule has 0 N–H and O–H groups in total. The topological polar surface area (TPSA) is 31.2 Å². The van der Waals surface area contributed by atoms with Crippen LogP contribution >= 0.6 is 11.6 Å². The van der Waals surface area contributed by atoms with E-state index in [1.54, 1.807) is 19.2 Å². The third-order valence-corrected chi connectivity index (χ3v) is 3.80. The number of ketones is 1. The number of carbonyl (C=O) groups is 1. The van der Waals surface area contributed by atoms with Crippen molar-refractivity contribution in [2.75, 3.05) is 7.11 Å². The first-order valence-electron chi connectivity index (χ1n) is 6.59. The molecule has 3 rings (SSSR count). The Labute approximate surface area is 127 Å². The molecule has 106 valence electrons. The Kier molecular flexibility index (Phi) is 3.67. The molecule has 0 atom stereocenters. The van der Waals surface area contributed by atoms with Gasteiger partial charge in [-0.2, -0.15) is 0 Å². The van der Waals surface area contributed by atoms with Gasteiger partial charge in [-0.05, 0) is 36.4 Å². The molecule has 0 radical (unpaired) electrons. The molecule has 0 spiro atoms. The van der Waals surface area contributed by atoms with Gasteiger partial charge in [0.15, 0.2) is 5.78 Å². The second-order valence-corrected chi connectivity index (χ2v) is 5.18. The summed E-state index contributed by atoms with van der Waals surface area (Å²) in [5.41, 5.74) is 1.55. The average molecular weight is 300 g/mol. The second-order valence-electron chi connectivity index (χ2n) is 4.77. The predicted octanol–water partition coefficient (Wildman–Crippen LogP) is 4.19. The summed E-state index contributed by atoms with van der Waals surface area (Å²) in [4.78, 5) is 12.4. The van der Waals surface area contributed by atoms with Crippen molar-refractivity contribution >= 4 is 28.3 Å². The Morgan fingerprint density at radius 1 is 1.19 bits per heavy atom. The van der Waals surface area contributed by atoms with E-state index < -0.39 is 0 Å². The summed E-state index contributed by atoms with van der Waals surface area (Å²) in [6.07, 6.45) is 1.90.